The number of rotatable bonds is 2. The molecule has 0 saturated carbocycles. The van der Waals surface area contributed by atoms with Crippen LogP contribution in [0.5, 0.6) is 0 Å². The minimum Gasteiger partial charge on any atom is -0.0616 e. The summed E-state index contributed by atoms with van der Waals surface area (Å²) >= 11 is 0.251. The van der Waals surface area contributed by atoms with Gasteiger partial charge in [-0.15, -0.1) is 0 Å². The van der Waals surface area contributed by atoms with Crippen LogP contribution in [0.2, 0.25) is 0 Å². The zero-order valence-electron chi connectivity index (χ0n) is 21.3. The van der Waals surface area contributed by atoms with Gasteiger partial charge in [-0.05, 0) is 10.8 Å². The number of nitrogens with zero attached hydrogens (tertiary/aromatic N) is 1. The molecule has 0 N–H and O–H groups in total. The van der Waals surface area contributed by atoms with Gasteiger partial charge in [0.1, 0.15) is 0 Å². The van der Waals surface area contributed by atoms with Crippen LogP contribution in [-0.2, 0) is 0 Å². The summed E-state index contributed by atoms with van der Waals surface area (Å²) in [6.45, 7) is 0. The van der Waals surface area contributed by atoms with E-state index in [4.69, 9.17) is 0 Å². The number of benzene rings is 6. The molecule has 0 aromatic heterocycles. The molecule has 0 bridgehead atoms. The second-order valence-corrected chi connectivity index (χ2v) is 12.3. The van der Waals surface area contributed by atoms with Gasteiger partial charge in [0.25, 0.3) is 0 Å². The van der Waals surface area contributed by atoms with Crippen molar-refractivity contribution in [1.82, 2.24) is 0 Å². The van der Waals surface area contributed by atoms with Crippen molar-refractivity contribution in [2.75, 3.05) is 4.90 Å². The van der Waals surface area contributed by atoms with Crippen LogP contribution >= 0.6 is 0 Å². The van der Waals surface area contributed by atoms with Gasteiger partial charge < -0.3 is 0 Å². The van der Waals surface area contributed by atoms with E-state index in [0.29, 0.717) is 11.1 Å². The third kappa shape index (κ3) is 3.37. The van der Waals surface area contributed by atoms with Gasteiger partial charge in [-0.1, -0.05) is 48.5 Å². The summed E-state index contributed by atoms with van der Waals surface area (Å²) in [7, 11) is 0. The molecule has 0 unspecified atom stereocenters. The predicted molar refractivity (Wildman–Crippen MR) is 164 cm³/mol. The Labute approximate surface area is 237 Å². The Morgan fingerprint density at radius 3 is 1.48 bits per heavy atom. The monoisotopic (exact) mass is 579 g/mol. The second-order valence-electron chi connectivity index (χ2n) is 10.0. The molecule has 2 aliphatic rings. The van der Waals surface area contributed by atoms with Crippen molar-refractivity contribution < 1.29 is 9.59 Å². The first-order chi connectivity index (χ1) is 19.7. The molecule has 188 valence electrons. The Morgan fingerprint density at radius 1 is 0.500 bits per heavy atom. The van der Waals surface area contributed by atoms with Crippen molar-refractivity contribution in [3.05, 3.63) is 144 Å². The Morgan fingerprint density at radius 2 is 0.950 bits per heavy atom. The van der Waals surface area contributed by atoms with E-state index in [-0.39, 0.29) is 32.1 Å². The van der Waals surface area contributed by atoms with Crippen LogP contribution in [0.15, 0.2) is 127 Å². The quantitative estimate of drug-likeness (QED) is 0.0971. The molecule has 0 amide bonds. The molecule has 1 aliphatic carbocycles. The van der Waals surface area contributed by atoms with E-state index < -0.39 is 0 Å². The fourth-order valence-electron chi connectivity index (χ4n) is 5.99. The molecule has 0 atom stereocenters. The van der Waals surface area contributed by atoms with Gasteiger partial charge >= 0.3 is 179 Å². The van der Waals surface area contributed by atoms with E-state index in [1.807, 2.05) is 60.7 Å². The zero-order valence-corrected chi connectivity index (χ0v) is 23.0. The van der Waals surface area contributed by atoms with Crippen LogP contribution in [0.1, 0.15) is 26.3 Å². The Balaban J connectivity index is 1.22. The topological polar surface area (TPSA) is 37.4 Å². The Kier molecular flexibility index (Phi) is 5.15. The van der Waals surface area contributed by atoms with E-state index >= 15 is 0 Å². The maximum absolute atomic E-state index is 13.8. The molecular formula is C36H21NO2Se. The average molecular weight is 579 g/mol. The number of carbonyl (C=O) groups is 2. The van der Waals surface area contributed by atoms with Crippen molar-refractivity contribution in [2.45, 2.75) is 0 Å². The summed E-state index contributed by atoms with van der Waals surface area (Å²) < 4.78 is 2.69. The van der Waals surface area contributed by atoms with Gasteiger partial charge in [-0.25, -0.2) is 0 Å². The molecule has 0 saturated heterocycles. The van der Waals surface area contributed by atoms with E-state index in [2.05, 4.69) is 65.6 Å². The van der Waals surface area contributed by atoms with Crippen LogP contribution in [0.4, 0.5) is 17.1 Å². The number of hydrogen-bond acceptors (Lipinski definition) is 3. The number of ketones is 2. The molecule has 1 heterocycles. The van der Waals surface area contributed by atoms with Crippen LogP contribution < -0.4 is 13.8 Å². The fraction of sp³-hybridized carbons (Fsp3) is 0. The summed E-state index contributed by atoms with van der Waals surface area (Å²) in [6, 6.07) is 41.0. The van der Waals surface area contributed by atoms with Crippen molar-refractivity contribution >= 4 is 80.1 Å². The summed E-state index contributed by atoms with van der Waals surface area (Å²) in [5.41, 5.74) is 5.52. The number of allylic oxidation sites excluding steroid dienone is 1. The average Bonchev–Trinajstić information content (AvgIpc) is 3.26. The van der Waals surface area contributed by atoms with Gasteiger partial charge in [-0.3, -0.25) is 0 Å². The van der Waals surface area contributed by atoms with Crippen LogP contribution in [0.3, 0.4) is 0 Å². The number of carbonyl (C=O) groups excluding carboxylic acids is 2. The molecule has 0 spiro atoms. The molecule has 1 aliphatic heterocycles. The van der Waals surface area contributed by atoms with Crippen molar-refractivity contribution in [3.63, 3.8) is 0 Å². The molecule has 8 rings (SSSR count). The van der Waals surface area contributed by atoms with Gasteiger partial charge in [0.2, 0.25) is 0 Å². The van der Waals surface area contributed by atoms with E-state index in [1.165, 1.54) is 20.3 Å². The fourth-order valence-corrected chi connectivity index (χ4v) is 8.21. The number of para-hydroxylation sites is 2. The van der Waals surface area contributed by atoms with Crippen molar-refractivity contribution in [3.8, 4) is 0 Å². The molecule has 0 fully saturated rings. The normalized spacial score (nSPS) is 13.9. The first kappa shape index (κ1) is 23.2. The first-order valence-electron chi connectivity index (χ1n) is 13.2. The predicted octanol–water partition coefficient (Wildman–Crippen LogP) is 6.89. The van der Waals surface area contributed by atoms with E-state index in [1.54, 1.807) is 6.08 Å². The van der Waals surface area contributed by atoms with Crippen molar-refractivity contribution in [2.24, 2.45) is 0 Å². The summed E-state index contributed by atoms with van der Waals surface area (Å²) in [5, 5.41) is 3.65. The minimum absolute atomic E-state index is 0.202. The Bertz CT molecular complexity index is 1950. The van der Waals surface area contributed by atoms with Gasteiger partial charge in [-0.2, -0.15) is 0 Å². The summed E-state index contributed by atoms with van der Waals surface area (Å²) in [6.07, 6.45) is 1.75. The Hall–Kier alpha value is -4.76. The molecule has 0 radical (unpaired) electrons. The van der Waals surface area contributed by atoms with Crippen LogP contribution in [0.25, 0.3) is 27.6 Å². The van der Waals surface area contributed by atoms with E-state index in [9.17, 15) is 9.59 Å². The molecule has 6 aromatic carbocycles. The maximum atomic E-state index is 13.8. The molecule has 4 heteroatoms. The smallest absolute Gasteiger partial charge is 0.0616 e. The summed E-state index contributed by atoms with van der Waals surface area (Å²) in [4.78, 5) is 29.8. The van der Waals surface area contributed by atoms with Crippen LogP contribution in [-0.4, -0.2) is 26.5 Å². The summed E-state index contributed by atoms with van der Waals surface area (Å²) in [5.74, 6) is -0.403. The standard InChI is InChI=1S/C36H21NO2Se/c38-35-28(36(39)34-27-12-4-2-10-25(27)24-9-1-3-11-26(24)33(34)35)21-22-17-19-23(20-18-22)37-29-13-5-7-15-31(29)40-32-16-8-6-14-30(32)37/h1-21H. The molecule has 3 nitrogen and oxygen atoms in total. The molecule has 6 aromatic rings. The third-order valence-corrected chi connectivity index (χ3v) is 10.1. The number of Topliss-reactive ketones (excluding diaryl/α,β-unsaturated/α-hetero) is 2. The number of hydrogen-bond donors (Lipinski definition) is 0. The SMILES string of the molecule is O=C1C(=Cc2ccc(N3c4ccccc4[Se]c4ccccc43)cc2)C(=O)c2c1c1ccccc1c1ccccc21. The third-order valence-electron chi connectivity index (χ3n) is 7.77. The van der Waals surface area contributed by atoms with Crippen molar-refractivity contribution in [1.29, 1.82) is 0 Å². The number of fused-ring (bicyclic) bond motifs is 8. The van der Waals surface area contributed by atoms with E-state index in [0.717, 1.165) is 32.8 Å². The zero-order chi connectivity index (χ0) is 26.8. The first-order valence-corrected chi connectivity index (χ1v) is 14.9. The number of anilines is 3. The molecule has 40 heavy (non-hydrogen) atoms. The van der Waals surface area contributed by atoms with Gasteiger partial charge in [0.15, 0.2) is 0 Å². The van der Waals surface area contributed by atoms with Gasteiger partial charge in [0.05, 0.1) is 0 Å². The van der Waals surface area contributed by atoms with Crippen LogP contribution in [0, 0.1) is 0 Å². The molecular weight excluding hydrogens is 557 g/mol. The second kappa shape index (κ2) is 8.89. The van der Waals surface area contributed by atoms with Gasteiger partial charge in [0, 0.05) is 0 Å². The minimum atomic E-state index is -0.202.